The summed E-state index contributed by atoms with van der Waals surface area (Å²) in [7, 11) is -3.18. The minimum Gasteiger partial charge on any atom is -0.357 e. The molecule has 0 heterocycles. The second-order valence-corrected chi connectivity index (χ2v) is 7.95. The van der Waals surface area contributed by atoms with Crippen LogP contribution in [0.3, 0.4) is 0 Å². The maximum atomic E-state index is 13.5. The first-order valence-corrected chi connectivity index (χ1v) is 10.4. The number of rotatable bonds is 9. The Kier molecular flexibility index (Phi) is 8.74. The van der Waals surface area contributed by atoms with Crippen LogP contribution in [0.1, 0.15) is 44.2 Å². The second kappa shape index (κ2) is 10.3. The number of halogens is 1. The molecule has 0 bridgehead atoms. The average Bonchev–Trinajstić information content (AvgIpc) is 2.50. The van der Waals surface area contributed by atoms with Crippen LogP contribution in [-0.4, -0.2) is 33.7 Å². The van der Waals surface area contributed by atoms with Crippen molar-refractivity contribution in [2.45, 2.75) is 45.4 Å². The molecule has 0 aliphatic carbocycles. The largest absolute Gasteiger partial charge is 0.357 e. The van der Waals surface area contributed by atoms with Crippen LogP contribution in [-0.2, 0) is 22.1 Å². The van der Waals surface area contributed by atoms with Crippen molar-refractivity contribution in [2.75, 3.05) is 19.3 Å². The average molecular weight is 357 g/mol. The van der Waals surface area contributed by atoms with E-state index < -0.39 is 15.7 Å². The first-order valence-electron chi connectivity index (χ1n) is 8.33. The molecule has 0 radical (unpaired) electrons. The van der Waals surface area contributed by atoms with Crippen molar-refractivity contribution < 1.29 is 12.8 Å². The smallest absolute Gasteiger partial charge is 0.191 e. The Morgan fingerprint density at radius 2 is 1.92 bits per heavy atom. The van der Waals surface area contributed by atoms with E-state index in [2.05, 4.69) is 22.5 Å². The molecule has 1 aromatic carbocycles. The summed E-state index contributed by atoms with van der Waals surface area (Å²) >= 11 is 0. The van der Waals surface area contributed by atoms with Crippen molar-refractivity contribution in [3.8, 4) is 0 Å². The van der Waals surface area contributed by atoms with Gasteiger partial charge < -0.3 is 10.6 Å². The van der Waals surface area contributed by atoms with Gasteiger partial charge in [-0.15, -0.1) is 0 Å². The quantitative estimate of drug-likeness (QED) is 0.405. The summed E-state index contributed by atoms with van der Waals surface area (Å²) in [6.45, 7) is 5.89. The second-order valence-electron chi connectivity index (χ2n) is 5.81. The summed E-state index contributed by atoms with van der Waals surface area (Å²) in [4.78, 5) is 4.45. The van der Waals surface area contributed by atoms with Gasteiger partial charge in [-0.25, -0.2) is 17.8 Å². The van der Waals surface area contributed by atoms with Gasteiger partial charge in [-0.3, -0.25) is 0 Å². The van der Waals surface area contributed by atoms with Gasteiger partial charge in [0.2, 0.25) is 0 Å². The molecule has 24 heavy (non-hydrogen) atoms. The lowest BCUT2D eigenvalue weighted by molar-refractivity contribution is 0.600. The number of nitrogens with zero attached hydrogens (tertiary/aromatic N) is 1. The number of guanidine groups is 1. The molecule has 1 rings (SSSR count). The first-order chi connectivity index (χ1) is 11.4. The van der Waals surface area contributed by atoms with E-state index in [-0.39, 0.29) is 12.3 Å². The van der Waals surface area contributed by atoms with Crippen LogP contribution in [0.2, 0.25) is 0 Å². The van der Waals surface area contributed by atoms with Crippen LogP contribution in [0.4, 0.5) is 4.39 Å². The zero-order valence-corrected chi connectivity index (χ0v) is 15.5. The lowest BCUT2D eigenvalue weighted by Gasteiger charge is -2.12. The Labute approximate surface area is 144 Å². The number of hydrogen-bond donors (Lipinski definition) is 2. The molecule has 0 atom stereocenters. The predicted molar refractivity (Wildman–Crippen MR) is 97.3 cm³/mol. The summed E-state index contributed by atoms with van der Waals surface area (Å²) in [5, 5.41) is 6.37. The van der Waals surface area contributed by atoms with Gasteiger partial charge in [-0.2, -0.15) is 0 Å². The van der Waals surface area contributed by atoms with E-state index in [1.54, 1.807) is 0 Å². The van der Waals surface area contributed by atoms with E-state index in [1.165, 1.54) is 24.5 Å². The third-order valence-corrected chi connectivity index (χ3v) is 4.25. The molecule has 0 amide bonds. The van der Waals surface area contributed by atoms with Crippen LogP contribution >= 0.6 is 0 Å². The molecule has 2 N–H and O–H groups in total. The zero-order valence-electron chi connectivity index (χ0n) is 14.7. The minimum absolute atomic E-state index is 0.112. The van der Waals surface area contributed by atoms with Crippen molar-refractivity contribution in [1.29, 1.82) is 0 Å². The highest BCUT2D eigenvalue weighted by Crippen LogP contribution is 2.15. The summed E-state index contributed by atoms with van der Waals surface area (Å²) in [6, 6.07) is 4.15. The molecule has 7 heteroatoms. The van der Waals surface area contributed by atoms with Crippen molar-refractivity contribution in [3.63, 3.8) is 0 Å². The molecule has 0 aromatic heterocycles. The van der Waals surface area contributed by atoms with Crippen LogP contribution in [0.25, 0.3) is 0 Å². The molecule has 0 saturated carbocycles. The standard InChI is InChI=1S/C17H28FN3O2S/c1-4-6-7-10-20-17(19-5-2)21-12-15-11-16(18)9-8-14(15)13-24(3,22)23/h8-9,11H,4-7,10,12-13H2,1-3H3,(H2,19,20,21). The SMILES string of the molecule is CCCCCNC(=NCc1cc(F)ccc1CS(C)(=O)=O)NCC. The van der Waals surface area contributed by atoms with Gasteiger partial charge in [-0.05, 0) is 36.6 Å². The van der Waals surface area contributed by atoms with Crippen LogP contribution in [0.15, 0.2) is 23.2 Å². The minimum atomic E-state index is -3.18. The number of hydrogen-bond acceptors (Lipinski definition) is 3. The predicted octanol–water partition coefficient (Wildman–Crippen LogP) is 2.62. The molecular formula is C17H28FN3O2S. The summed E-state index contributed by atoms with van der Waals surface area (Å²) in [5.74, 6) is 0.153. The Morgan fingerprint density at radius 1 is 1.17 bits per heavy atom. The van der Waals surface area contributed by atoms with E-state index in [9.17, 15) is 12.8 Å². The molecule has 5 nitrogen and oxygen atoms in total. The Bertz CT molecular complexity index is 645. The Morgan fingerprint density at radius 3 is 2.54 bits per heavy atom. The fourth-order valence-corrected chi connectivity index (χ4v) is 3.10. The third-order valence-electron chi connectivity index (χ3n) is 3.41. The van der Waals surface area contributed by atoms with Crippen molar-refractivity contribution in [1.82, 2.24) is 10.6 Å². The fraction of sp³-hybridized carbons (Fsp3) is 0.588. The van der Waals surface area contributed by atoms with Gasteiger partial charge in [0.05, 0.1) is 12.3 Å². The van der Waals surface area contributed by atoms with Crippen molar-refractivity contribution in [2.24, 2.45) is 4.99 Å². The number of benzene rings is 1. The molecule has 0 aliphatic rings. The first kappa shape index (κ1) is 20.4. The molecule has 0 saturated heterocycles. The molecule has 0 aliphatic heterocycles. The van der Waals surface area contributed by atoms with E-state index in [0.29, 0.717) is 17.1 Å². The molecule has 0 spiro atoms. The Hall–Kier alpha value is -1.63. The molecule has 0 fully saturated rings. The van der Waals surface area contributed by atoms with Gasteiger partial charge in [0, 0.05) is 19.3 Å². The number of aliphatic imine (C=N–C) groups is 1. The third kappa shape index (κ3) is 8.29. The maximum Gasteiger partial charge on any atom is 0.191 e. The summed E-state index contributed by atoms with van der Waals surface area (Å²) < 4.78 is 36.6. The fourth-order valence-electron chi connectivity index (χ4n) is 2.25. The van der Waals surface area contributed by atoms with E-state index in [1.807, 2.05) is 6.92 Å². The van der Waals surface area contributed by atoms with Gasteiger partial charge in [0.1, 0.15) is 5.82 Å². The number of sulfone groups is 1. The van der Waals surface area contributed by atoms with E-state index in [0.717, 1.165) is 32.4 Å². The lowest BCUT2D eigenvalue weighted by atomic mass is 10.1. The maximum absolute atomic E-state index is 13.5. The van der Waals surface area contributed by atoms with Gasteiger partial charge in [0.25, 0.3) is 0 Å². The topological polar surface area (TPSA) is 70.6 Å². The number of nitrogens with one attached hydrogen (secondary N) is 2. The molecule has 0 unspecified atom stereocenters. The molecule has 136 valence electrons. The highest BCUT2D eigenvalue weighted by Gasteiger charge is 2.10. The highest BCUT2D eigenvalue weighted by molar-refractivity contribution is 7.89. The normalized spacial score (nSPS) is 12.2. The van der Waals surface area contributed by atoms with Gasteiger partial charge in [-0.1, -0.05) is 25.8 Å². The van der Waals surface area contributed by atoms with Crippen molar-refractivity contribution in [3.05, 3.63) is 35.1 Å². The van der Waals surface area contributed by atoms with Crippen molar-refractivity contribution >= 4 is 15.8 Å². The van der Waals surface area contributed by atoms with Gasteiger partial charge in [0.15, 0.2) is 15.8 Å². The highest BCUT2D eigenvalue weighted by atomic mass is 32.2. The van der Waals surface area contributed by atoms with Crippen LogP contribution in [0.5, 0.6) is 0 Å². The molecular weight excluding hydrogens is 329 g/mol. The van der Waals surface area contributed by atoms with E-state index >= 15 is 0 Å². The van der Waals surface area contributed by atoms with Crippen LogP contribution in [0, 0.1) is 5.82 Å². The summed E-state index contributed by atoms with van der Waals surface area (Å²) in [6.07, 6.45) is 4.52. The lowest BCUT2D eigenvalue weighted by Crippen LogP contribution is -2.37. The Balaban J connectivity index is 2.85. The number of unbranched alkanes of at least 4 members (excludes halogenated alkanes) is 2. The molecule has 1 aromatic rings. The monoisotopic (exact) mass is 357 g/mol. The van der Waals surface area contributed by atoms with Gasteiger partial charge >= 0.3 is 0 Å². The van der Waals surface area contributed by atoms with Crippen LogP contribution < -0.4 is 10.6 Å². The van der Waals surface area contributed by atoms with E-state index in [4.69, 9.17) is 0 Å². The summed E-state index contributed by atoms with van der Waals surface area (Å²) in [5.41, 5.74) is 1.18. The zero-order chi connectivity index (χ0) is 18.0.